The zero-order chi connectivity index (χ0) is 21.2. The SMILES string of the molecule is CCN(CC(=O)Nc1ccc(N2CCOCC2)cc1)C(=O)CCCC1CCCCC1. The van der Waals surface area contributed by atoms with Gasteiger partial charge in [0, 0.05) is 37.4 Å². The van der Waals surface area contributed by atoms with E-state index in [1.165, 1.54) is 32.1 Å². The molecule has 0 bridgehead atoms. The maximum atomic E-state index is 12.6. The van der Waals surface area contributed by atoms with Crippen LogP contribution in [0.25, 0.3) is 0 Å². The number of likely N-dealkylation sites (N-methyl/N-ethyl adjacent to an activating group) is 1. The first-order valence-corrected chi connectivity index (χ1v) is 11.7. The van der Waals surface area contributed by atoms with Gasteiger partial charge in [-0.1, -0.05) is 32.1 Å². The van der Waals surface area contributed by atoms with Crippen molar-refractivity contribution in [2.24, 2.45) is 5.92 Å². The summed E-state index contributed by atoms with van der Waals surface area (Å²) in [6, 6.07) is 7.89. The lowest BCUT2D eigenvalue weighted by molar-refractivity contribution is -0.134. The summed E-state index contributed by atoms with van der Waals surface area (Å²) in [5.74, 6) is 0.744. The molecule has 1 aromatic carbocycles. The average Bonchev–Trinajstić information content (AvgIpc) is 2.79. The quantitative estimate of drug-likeness (QED) is 0.661. The van der Waals surface area contributed by atoms with Crippen molar-refractivity contribution in [2.75, 3.05) is 49.6 Å². The average molecular weight is 416 g/mol. The summed E-state index contributed by atoms with van der Waals surface area (Å²) in [6.45, 7) is 5.89. The van der Waals surface area contributed by atoms with Gasteiger partial charge < -0.3 is 19.9 Å². The minimum absolute atomic E-state index is 0.0890. The van der Waals surface area contributed by atoms with E-state index in [2.05, 4.69) is 10.2 Å². The lowest BCUT2D eigenvalue weighted by Crippen LogP contribution is -2.37. The van der Waals surface area contributed by atoms with Gasteiger partial charge in [-0.25, -0.2) is 0 Å². The predicted octanol–water partition coefficient (Wildman–Crippen LogP) is 4.06. The number of carbonyl (C=O) groups excluding carboxylic acids is 2. The van der Waals surface area contributed by atoms with E-state index < -0.39 is 0 Å². The molecule has 0 atom stereocenters. The molecule has 6 heteroatoms. The number of nitrogens with one attached hydrogen (secondary N) is 1. The third-order valence-electron chi connectivity index (χ3n) is 6.32. The maximum absolute atomic E-state index is 12.6. The van der Waals surface area contributed by atoms with Crippen molar-refractivity contribution in [1.29, 1.82) is 0 Å². The Morgan fingerprint density at radius 3 is 2.47 bits per heavy atom. The van der Waals surface area contributed by atoms with Crippen LogP contribution in [0.2, 0.25) is 0 Å². The van der Waals surface area contributed by atoms with Crippen molar-refractivity contribution in [2.45, 2.75) is 58.3 Å². The molecule has 1 aliphatic carbocycles. The summed E-state index contributed by atoms with van der Waals surface area (Å²) in [7, 11) is 0. The van der Waals surface area contributed by atoms with E-state index in [-0.39, 0.29) is 18.4 Å². The van der Waals surface area contributed by atoms with Crippen molar-refractivity contribution in [1.82, 2.24) is 4.90 Å². The van der Waals surface area contributed by atoms with Crippen LogP contribution in [0, 0.1) is 5.92 Å². The number of morpholine rings is 1. The summed E-state index contributed by atoms with van der Waals surface area (Å²) < 4.78 is 5.39. The normalized spacial score (nSPS) is 17.6. The van der Waals surface area contributed by atoms with E-state index in [9.17, 15) is 9.59 Å². The van der Waals surface area contributed by atoms with Crippen molar-refractivity contribution in [3.63, 3.8) is 0 Å². The molecule has 2 amide bonds. The molecule has 1 aliphatic heterocycles. The fraction of sp³-hybridized carbons (Fsp3) is 0.667. The van der Waals surface area contributed by atoms with Gasteiger partial charge in [-0.05, 0) is 49.9 Å². The zero-order valence-electron chi connectivity index (χ0n) is 18.4. The number of amides is 2. The van der Waals surface area contributed by atoms with Crippen LogP contribution < -0.4 is 10.2 Å². The van der Waals surface area contributed by atoms with E-state index >= 15 is 0 Å². The topological polar surface area (TPSA) is 61.9 Å². The second kappa shape index (κ2) is 11.9. The third kappa shape index (κ3) is 7.01. The van der Waals surface area contributed by atoms with Crippen LogP contribution in [0.15, 0.2) is 24.3 Å². The molecule has 3 rings (SSSR count). The minimum atomic E-state index is -0.142. The van der Waals surface area contributed by atoms with E-state index in [0.717, 1.165) is 56.4 Å². The summed E-state index contributed by atoms with van der Waals surface area (Å²) in [5, 5.41) is 2.92. The van der Waals surface area contributed by atoms with Gasteiger partial charge in [-0.2, -0.15) is 0 Å². The summed E-state index contributed by atoms with van der Waals surface area (Å²) in [4.78, 5) is 29.0. The van der Waals surface area contributed by atoms with Crippen LogP contribution in [0.1, 0.15) is 58.3 Å². The summed E-state index contributed by atoms with van der Waals surface area (Å²) in [5.41, 5.74) is 1.90. The first kappa shape index (κ1) is 22.6. The van der Waals surface area contributed by atoms with Crippen LogP contribution >= 0.6 is 0 Å². The van der Waals surface area contributed by atoms with Crippen molar-refractivity contribution >= 4 is 23.2 Å². The minimum Gasteiger partial charge on any atom is -0.378 e. The number of hydrogen-bond donors (Lipinski definition) is 1. The van der Waals surface area contributed by atoms with Crippen LogP contribution in [-0.2, 0) is 14.3 Å². The van der Waals surface area contributed by atoms with Gasteiger partial charge in [0.05, 0.1) is 19.8 Å². The first-order chi connectivity index (χ1) is 14.7. The highest BCUT2D eigenvalue weighted by Gasteiger charge is 2.18. The van der Waals surface area contributed by atoms with Gasteiger partial charge in [-0.3, -0.25) is 9.59 Å². The van der Waals surface area contributed by atoms with Gasteiger partial charge in [0.15, 0.2) is 0 Å². The Labute approximate surface area is 180 Å². The molecular formula is C24H37N3O3. The van der Waals surface area contributed by atoms with Gasteiger partial charge >= 0.3 is 0 Å². The number of benzene rings is 1. The Kier molecular flexibility index (Phi) is 9.00. The number of nitrogens with zero attached hydrogens (tertiary/aromatic N) is 2. The van der Waals surface area contributed by atoms with Crippen molar-refractivity contribution in [3.8, 4) is 0 Å². The molecule has 30 heavy (non-hydrogen) atoms. The predicted molar refractivity (Wildman–Crippen MR) is 121 cm³/mol. The van der Waals surface area contributed by atoms with E-state index in [0.29, 0.717) is 13.0 Å². The molecule has 166 valence electrons. The molecule has 0 spiro atoms. The molecule has 2 aliphatic rings. The van der Waals surface area contributed by atoms with Crippen LogP contribution in [-0.4, -0.2) is 56.1 Å². The smallest absolute Gasteiger partial charge is 0.243 e. The maximum Gasteiger partial charge on any atom is 0.243 e. The molecule has 0 radical (unpaired) electrons. The Balaban J connectivity index is 1.40. The van der Waals surface area contributed by atoms with Gasteiger partial charge in [0.1, 0.15) is 0 Å². The Hall–Kier alpha value is -2.08. The number of hydrogen-bond acceptors (Lipinski definition) is 4. The monoisotopic (exact) mass is 415 g/mol. The second-order valence-corrected chi connectivity index (χ2v) is 8.50. The van der Waals surface area contributed by atoms with Gasteiger partial charge in [0.2, 0.25) is 11.8 Å². The van der Waals surface area contributed by atoms with Gasteiger partial charge in [-0.15, -0.1) is 0 Å². The Bertz CT molecular complexity index is 665. The van der Waals surface area contributed by atoms with E-state index in [1.54, 1.807) is 4.90 Å². The molecule has 6 nitrogen and oxygen atoms in total. The molecular weight excluding hydrogens is 378 g/mol. The largest absolute Gasteiger partial charge is 0.378 e. The number of anilines is 2. The number of rotatable bonds is 9. The standard InChI is InChI=1S/C24H37N3O3/c1-2-26(24(29)10-6-9-20-7-4-3-5-8-20)19-23(28)25-21-11-13-22(14-12-21)27-15-17-30-18-16-27/h11-14,20H,2-10,15-19H2,1H3,(H,25,28). The molecule has 1 N–H and O–H groups in total. The van der Waals surface area contributed by atoms with Crippen LogP contribution in [0.5, 0.6) is 0 Å². The summed E-state index contributed by atoms with van der Waals surface area (Å²) >= 11 is 0. The number of ether oxygens (including phenoxy) is 1. The van der Waals surface area contributed by atoms with Crippen LogP contribution in [0.3, 0.4) is 0 Å². The van der Waals surface area contributed by atoms with E-state index in [1.807, 2.05) is 31.2 Å². The highest BCUT2D eigenvalue weighted by molar-refractivity contribution is 5.94. The first-order valence-electron chi connectivity index (χ1n) is 11.7. The van der Waals surface area contributed by atoms with Crippen molar-refractivity contribution < 1.29 is 14.3 Å². The number of carbonyl (C=O) groups is 2. The van der Waals surface area contributed by atoms with Gasteiger partial charge in [0.25, 0.3) is 0 Å². The van der Waals surface area contributed by atoms with Crippen LogP contribution in [0.4, 0.5) is 11.4 Å². The lowest BCUT2D eigenvalue weighted by Gasteiger charge is -2.29. The summed E-state index contributed by atoms with van der Waals surface area (Å²) in [6.07, 6.45) is 9.31. The molecule has 2 fully saturated rings. The Morgan fingerprint density at radius 2 is 1.80 bits per heavy atom. The Morgan fingerprint density at radius 1 is 1.10 bits per heavy atom. The highest BCUT2D eigenvalue weighted by atomic mass is 16.5. The molecule has 0 aromatic heterocycles. The van der Waals surface area contributed by atoms with E-state index in [4.69, 9.17) is 4.74 Å². The molecule has 0 unspecified atom stereocenters. The molecule has 1 aromatic rings. The van der Waals surface area contributed by atoms with Crippen molar-refractivity contribution in [3.05, 3.63) is 24.3 Å². The lowest BCUT2D eigenvalue weighted by atomic mass is 9.86. The molecule has 1 saturated heterocycles. The fourth-order valence-electron chi connectivity index (χ4n) is 4.50. The second-order valence-electron chi connectivity index (χ2n) is 8.50. The zero-order valence-corrected chi connectivity index (χ0v) is 18.4. The molecule has 1 heterocycles. The molecule has 1 saturated carbocycles. The fourth-order valence-corrected chi connectivity index (χ4v) is 4.50. The highest BCUT2D eigenvalue weighted by Crippen LogP contribution is 2.27. The third-order valence-corrected chi connectivity index (χ3v) is 6.32.